The molecule has 0 aliphatic rings. The number of anilines is 1. The Hall–Kier alpha value is -2.69. The molecule has 112 valence electrons. The van der Waals surface area contributed by atoms with Crippen molar-refractivity contribution in [3.05, 3.63) is 27.9 Å². The van der Waals surface area contributed by atoms with Crippen LogP contribution < -0.4 is 5.32 Å². The van der Waals surface area contributed by atoms with Crippen LogP contribution in [0.25, 0.3) is 0 Å². The van der Waals surface area contributed by atoms with E-state index in [-0.39, 0.29) is 17.9 Å². The van der Waals surface area contributed by atoms with E-state index in [4.69, 9.17) is 5.26 Å². The van der Waals surface area contributed by atoms with E-state index in [9.17, 15) is 20.0 Å². The zero-order chi connectivity index (χ0) is 16.0. The topological polar surface area (TPSA) is 129 Å². The molecule has 0 fully saturated rings. The summed E-state index contributed by atoms with van der Waals surface area (Å²) in [4.78, 5) is 25.6. The van der Waals surface area contributed by atoms with Gasteiger partial charge in [-0.05, 0) is 18.9 Å². The van der Waals surface area contributed by atoms with Gasteiger partial charge in [0.05, 0.1) is 10.3 Å². The number of hydrogen-bond donors (Lipinski definition) is 2. The Morgan fingerprint density at radius 2 is 2.19 bits per heavy atom. The largest absolute Gasteiger partial charge is 0.481 e. The first-order valence-electron chi connectivity index (χ1n) is 6.42. The monoisotopic (exact) mass is 292 g/mol. The Balaban J connectivity index is 3.12. The summed E-state index contributed by atoms with van der Waals surface area (Å²) < 4.78 is 0. The first-order valence-corrected chi connectivity index (χ1v) is 6.42. The molecule has 0 atom stereocenters. The summed E-state index contributed by atoms with van der Waals surface area (Å²) in [5.41, 5.74) is -1.59. The molecular weight excluding hydrogens is 276 g/mol. The summed E-state index contributed by atoms with van der Waals surface area (Å²) in [7, 11) is 0. The van der Waals surface area contributed by atoms with Gasteiger partial charge in [0.2, 0.25) is 5.82 Å². The van der Waals surface area contributed by atoms with Gasteiger partial charge in [-0.1, -0.05) is 13.8 Å². The Morgan fingerprint density at radius 1 is 1.57 bits per heavy atom. The molecule has 0 aliphatic heterocycles. The van der Waals surface area contributed by atoms with Gasteiger partial charge in [0.1, 0.15) is 11.6 Å². The van der Waals surface area contributed by atoms with Gasteiger partial charge in [0.25, 0.3) is 0 Å². The fourth-order valence-electron chi connectivity index (χ4n) is 1.99. The molecule has 0 unspecified atom stereocenters. The lowest BCUT2D eigenvalue weighted by Crippen LogP contribution is -2.37. The Bertz CT molecular complexity index is 590. The average molecular weight is 292 g/mol. The van der Waals surface area contributed by atoms with Crippen molar-refractivity contribution in [2.45, 2.75) is 26.7 Å². The zero-order valence-electron chi connectivity index (χ0n) is 11.8. The number of aliphatic carboxylic acids is 1. The molecule has 0 aromatic carbocycles. The number of carbonyl (C=O) groups is 1. The van der Waals surface area contributed by atoms with E-state index < -0.39 is 22.0 Å². The van der Waals surface area contributed by atoms with Crippen molar-refractivity contribution in [1.82, 2.24) is 4.98 Å². The molecule has 0 amide bonds. The highest BCUT2D eigenvalue weighted by Crippen LogP contribution is 2.30. The number of carboxylic acids is 1. The third-order valence-corrected chi connectivity index (χ3v) is 3.63. The van der Waals surface area contributed by atoms with Crippen LogP contribution in [0.1, 0.15) is 32.3 Å². The molecule has 1 aromatic heterocycles. The number of pyridine rings is 1. The minimum absolute atomic E-state index is 0.00193. The van der Waals surface area contributed by atoms with Gasteiger partial charge in [-0.2, -0.15) is 5.26 Å². The molecule has 2 N–H and O–H groups in total. The minimum Gasteiger partial charge on any atom is -0.481 e. The van der Waals surface area contributed by atoms with Gasteiger partial charge < -0.3 is 10.4 Å². The van der Waals surface area contributed by atoms with Crippen LogP contribution in [0.5, 0.6) is 0 Å². The lowest BCUT2D eigenvalue weighted by molar-refractivity contribution is -0.384. The number of carboxylic acid groups (broad SMARTS) is 1. The van der Waals surface area contributed by atoms with Crippen molar-refractivity contribution in [3.63, 3.8) is 0 Å². The van der Waals surface area contributed by atoms with Gasteiger partial charge in [-0.15, -0.1) is 0 Å². The predicted octanol–water partition coefficient (Wildman–Crippen LogP) is 2.16. The van der Waals surface area contributed by atoms with Crippen LogP contribution in [-0.2, 0) is 4.79 Å². The number of hydrogen-bond acceptors (Lipinski definition) is 6. The molecule has 1 heterocycles. The predicted molar refractivity (Wildman–Crippen MR) is 74.7 cm³/mol. The van der Waals surface area contributed by atoms with E-state index in [2.05, 4.69) is 10.3 Å². The van der Waals surface area contributed by atoms with Crippen molar-refractivity contribution in [2.24, 2.45) is 5.41 Å². The first-order chi connectivity index (χ1) is 9.91. The average Bonchev–Trinajstić information content (AvgIpc) is 2.47. The van der Waals surface area contributed by atoms with Crippen molar-refractivity contribution >= 4 is 17.5 Å². The second-order valence-electron chi connectivity index (χ2n) is 4.57. The standard InChI is InChI=1S/C13H16N4O4/c1-3-13(4-2,12(18)19)8-16-11-10(17(20)21)9(7-14)5-6-15-11/h5-6H,3-4,8H2,1-2H3,(H,15,16)(H,18,19). The number of nitriles is 1. The SMILES string of the molecule is CCC(CC)(CNc1nccc(C#N)c1[N+](=O)[O-])C(=O)O. The quantitative estimate of drug-likeness (QED) is 0.581. The van der Waals surface area contributed by atoms with Crippen LogP contribution >= 0.6 is 0 Å². The lowest BCUT2D eigenvalue weighted by atomic mass is 9.82. The van der Waals surface area contributed by atoms with Crippen molar-refractivity contribution in [2.75, 3.05) is 11.9 Å². The molecule has 1 rings (SSSR count). The van der Waals surface area contributed by atoms with E-state index >= 15 is 0 Å². The van der Waals surface area contributed by atoms with E-state index in [1.165, 1.54) is 12.3 Å². The molecule has 0 saturated carbocycles. The first kappa shape index (κ1) is 16.4. The maximum absolute atomic E-state index is 11.4. The molecule has 21 heavy (non-hydrogen) atoms. The second kappa shape index (κ2) is 6.65. The third kappa shape index (κ3) is 3.25. The van der Waals surface area contributed by atoms with E-state index in [0.29, 0.717) is 12.8 Å². The summed E-state index contributed by atoms with van der Waals surface area (Å²) in [6, 6.07) is 2.97. The van der Waals surface area contributed by atoms with Gasteiger partial charge in [-0.25, -0.2) is 4.98 Å². The maximum Gasteiger partial charge on any atom is 0.328 e. The Kier molecular flexibility index (Phi) is 5.18. The fraction of sp³-hybridized carbons (Fsp3) is 0.462. The van der Waals surface area contributed by atoms with Crippen LogP contribution in [0.4, 0.5) is 11.5 Å². The molecule has 0 radical (unpaired) electrons. The van der Waals surface area contributed by atoms with E-state index in [1.54, 1.807) is 19.9 Å². The van der Waals surface area contributed by atoms with Crippen LogP contribution in [0.3, 0.4) is 0 Å². The van der Waals surface area contributed by atoms with Crippen molar-refractivity contribution in [3.8, 4) is 6.07 Å². The summed E-state index contributed by atoms with van der Waals surface area (Å²) in [5.74, 6) is -1.06. The third-order valence-electron chi connectivity index (χ3n) is 3.63. The Morgan fingerprint density at radius 3 is 2.62 bits per heavy atom. The van der Waals surface area contributed by atoms with Crippen LogP contribution in [0, 0.1) is 26.9 Å². The number of nitro groups is 1. The minimum atomic E-state index is -1.03. The molecule has 0 aliphatic carbocycles. The summed E-state index contributed by atoms with van der Waals surface area (Å²) in [6.07, 6.45) is 2.02. The van der Waals surface area contributed by atoms with Gasteiger partial charge >= 0.3 is 11.7 Å². The van der Waals surface area contributed by atoms with Crippen LogP contribution in [-0.4, -0.2) is 27.5 Å². The van der Waals surface area contributed by atoms with Gasteiger partial charge in [0, 0.05) is 12.7 Å². The summed E-state index contributed by atoms with van der Waals surface area (Å²) in [6.45, 7) is 3.48. The number of aromatic nitrogens is 1. The highest BCUT2D eigenvalue weighted by atomic mass is 16.6. The second-order valence-corrected chi connectivity index (χ2v) is 4.57. The smallest absolute Gasteiger partial charge is 0.328 e. The number of rotatable bonds is 7. The molecule has 1 aromatic rings. The highest BCUT2D eigenvalue weighted by Gasteiger charge is 2.35. The van der Waals surface area contributed by atoms with Gasteiger partial charge in [-0.3, -0.25) is 14.9 Å². The number of nitrogens with one attached hydrogen (secondary N) is 1. The molecule has 8 heteroatoms. The van der Waals surface area contributed by atoms with Crippen molar-refractivity contribution < 1.29 is 14.8 Å². The molecular formula is C13H16N4O4. The van der Waals surface area contributed by atoms with Crippen molar-refractivity contribution in [1.29, 1.82) is 5.26 Å². The van der Waals surface area contributed by atoms with E-state index in [0.717, 1.165) is 0 Å². The van der Waals surface area contributed by atoms with Crippen LogP contribution in [0.2, 0.25) is 0 Å². The zero-order valence-corrected chi connectivity index (χ0v) is 11.8. The van der Waals surface area contributed by atoms with Gasteiger partial charge in [0.15, 0.2) is 0 Å². The summed E-state index contributed by atoms with van der Waals surface area (Å²) >= 11 is 0. The van der Waals surface area contributed by atoms with E-state index in [1.807, 2.05) is 0 Å². The normalized spacial score (nSPS) is 10.7. The molecule has 0 saturated heterocycles. The maximum atomic E-state index is 11.4. The molecule has 0 bridgehead atoms. The highest BCUT2D eigenvalue weighted by molar-refractivity contribution is 5.76. The lowest BCUT2D eigenvalue weighted by Gasteiger charge is -2.26. The fourth-order valence-corrected chi connectivity index (χ4v) is 1.99. The number of nitrogens with zero attached hydrogens (tertiary/aromatic N) is 3. The molecule has 8 nitrogen and oxygen atoms in total. The molecule has 0 spiro atoms. The summed E-state index contributed by atoms with van der Waals surface area (Å²) in [5, 5.41) is 32.0. The Labute approximate surface area is 121 Å². The van der Waals surface area contributed by atoms with Crippen LogP contribution in [0.15, 0.2) is 12.3 Å².